The molecule has 2 heterocycles. The van der Waals surface area contributed by atoms with Crippen LogP contribution in [0.25, 0.3) is 27.3 Å². The van der Waals surface area contributed by atoms with Crippen LogP contribution in [-0.4, -0.2) is 42.9 Å². The topological polar surface area (TPSA) is 111 Å². The van der Waals surface area contributed by atoms with E-state index in [1.54, 1.807) is 18.4 Å². The Kier molecular flexibility index (Phi) is 6.23. The van der Waals surface area contributed by atoms with Crippen molar-refractivity contribution >= 4 is 26.9 Å². The molecule has 8 nitrogen and oxygen atoms in total. The van der Waals surface area contributed by atoms with Crippen molar-refractivity contribution in [3.8, 4) is 33.0 Å². The van der Waals surface area contributed by atoms with Crippen LogP contribution in [0.2, 0.25) is 0 Å². The zero-order valence-corrected chi connectivity index (χ0v) is 21.3. The average Bonchev–Trinajstić information content (AvgIpc) is 3.51. The summed E-state index contributed by atoms with van der Waals surface area (Å²) >= 11 is 1.55. The highest BCUT2D eigenvalue weighted by molar-refractivity contribution is 7.90. The number of aryl methyl sites for hydroxylation is 1. The summed E-state index contributed by atoms with van der Waals surface area (Å²) in [5.41, 5.74) is 4.77. The first-order valence-electron chi connectivity index (χ1n) is 11.2. The van der Waals surface area contributed by atoms with E-state index in [0.29, 0.717) is 17.9 Å². The molecule has 0 saturated carbocycles. The van der Waals surface area contributed by atoms with Crippen LogP contribution in [0.3, 0.4) is 0 Å². The highest BCUT2D eigenvalue weighted by Crippen LogP contribution is 2.43. The Morgan fingerprint density at radius 2 is 1.86 bits per heavy atom. The molecule has 4 aromatic rings. The fourth-order valence-corrected chi connectivity index (χ4v) is 5.53. The number of benzene rings is 2. The number of nitrogens with one attached hydrogen (secondary N) is 1. The molecule has 36 heavy (non-hydrogen) atoms. The van der Waals surface area contributed by atoms with Crippen molar-refractivity contribution in [1.82, 2.24) is 9.55 Å². The van der Waals surface area contributed by atoms with Gasteiger partial charge in [0.05, 0.1) is 12.8 Å². The summed E-state index contributed by atoms with van der Waals surface area (Å²) < 4.78 is 30.6. The molecule has 0 radical (unpaired) electrons. The lowest BCUT2D eigenvalue weighted by Gasteiger charge is -2.17. The van der Waals surface area contributed by atoms with E-state index >= 15 is 0 Å². The summed E-state index contributed by atoms with van der Waals surface area (Å²) in [5, 5.41) is 1.97. The second-order valence-electron chi connectivity index (χ2n) is 8.56. The van der Waals surface area contributed by atoms with E-state index in [0.717, 1.165) is 44.8 Å². The molecule has 10 heteroatoms. The number of H-pyrrole nitrogens is 1. The number of ether oxygens (including phenoxy) is 1. The summed E-state index contributed by atoms with van der Waals surface area (Å²) in [6.07, 6.45) is 4.09. The number of aliphatic imine (C=N–C) groups is 1. The molecular formula is C26H23N3O5S2. The normalized spacial score (nSPS) is 14.2. The van der Waals surface area contributed by atoms with Gasteiger partial charge in [-0.05, 0) is 59.2 Å². The maximum Gasteiger partial charge on any atom is 0.332 e. The molecule has 0 aliphatic heterocycles. The van der Waals surface area contributed by atoms with Gasteiger partial charge in [-0.3, -0.25) is 19.3 Å². The minimum Gasteiger partial charge on any atom is -0.495 e. The molecule has 2 aromatic carbocycles. The first kappa shape index (κ1) is 24.0. The first-order chi connectivity index (χ1) is 17.2. The van der Waals surface area contributed by atoms with Crippen molar-refractivity contribution in [3.05, 3.63) is 92.1 Å². The van der Waals surface area contributed by atoms with Gasteiger partial charge in [0.1, 0.15) is 11.6 Å². The zero-order valence-electron chi connectivity index (χ0n) is 19.6. The number of rotatable bonds is 6. The third-order valence-corrected chi connectivity index (χ3v) is 7.52. The number of aromatic amines is 1. The van der Waals surface area contributed by atoms with Gasteiger partial charge in [-0.2, -0.15) is 0 Å². The molecule has 0 saturated heterocycles. The predicted octanol–water partition coefficient (Wildman–Crippen LogP) is 3.67. The molecule has 5 rings (SSSR count). The van der Waals surface area contributed by atoms with E-state index < -0.39 is 21.1 Å². The van der Waals surface area contributed by atoms with E-state index in [1.165, 1.54) is 23.1 Å². The molecule has 0 spiro atoms. The van der Waals surface area contributed by atoms with Crippen LogP contribution in [0.5, 0.6) is 5.75 Å². The molecule has 0 fully saturated rings. The maximum absolute atomic E-state index is 12.6. The fourth-order valence-electron chi connectivity index (χ4n) is 4.40. The van der Waals surface area contributed by atoms with Crippen LogP contribution in [0, 0.1) is 0 Å². The van der Waals surface area contributed by atoms with Crippen LogP contribution >= 0.6 is 11.3 Å². The smallest absolute Gasteiger partial charge is 0.332 e. The van der Waals surface area contributed by atoms with Gasteiger partial charge in [-0.25, -0.2) is 13.2 Å². The van der Waals surface area contributed by atoms with Gasteiger partial charge in [0.25, 0.3) is 5.56 Å². The number of methoxy groups -OCH3 is 1. The summed E-state index contributed by atoms with van der Waals surface area (Å²) in [4.78, 5) is 31.9. The van der Waals surface area contributed by atoms with Crippen molar-refractivity contribution < 1.29 is 13.2 Å². The van der Waals surface area contributed by atoms with Crippen LogP contribution in [0.1, 0.15) is 17.5 Å². The van der Waals surface area contributed by atoms with Gasteiger partial charge in [0.15, 0.2) is 9.84 Å². The lowest BCUT2D eigenvalue weighted by molar-refractivity contribution is 0.418. The zero-order chi connectivity index (χ0) is 25.4. The Bertz CT molecular complexity index is 1720. The van der Waals surface area contributed by atoms with Gasteiger partial charge < -0.3 is 4.74 Å². The van der Waals surface area contributed by atoms with Gasteiger partial charge in [-0.15, -0.1) is 11.3 Å². The van der Waals surface area contributed by atoms with Crippen molar-refractivity contribution in [2.75, 3.05) is 19.2 Å². The molecular weight excluding hydrogens is 498 g/mol. The van der Waals surface area contributed by atoms with Crippen molar-refractivity contribution in [3.63, 3.8) is 0 Å². The molecule has 1 aliphatic rings. The van der Waals surface area contributed by atoms with Gasteiger partial charge in [0.2, 0.25) is 0 Å². The number of hydrogen-bond donors (Lipinski definition) is 1. The van der Waals surface area contributed by atoms with Crippen LogP contribution in [0.4, 0.5) is 0 Å². The molecule has 2 aromatic heterocycles. The number of thiophene rings is 1. The molecule has 0 amide bonds. The molecule has 0 atom stereocenters. The summed E-state index contributed by atoms with van der Waals surface area (Å²) in [6, 6.07) is 14.9. The number of nitrogens with zero attached hydrogens (tertiary/aromatic N) is 2. The number of sulfone groups is 1. The number of aromatic nitrogens is 2. The quantitative estimate of drug-likeness (QED) is 0.416. The molecule has 1 aliphatic carbocycles. The van der Waals surface area contributed by atoms with Crippen LogP contribution in [0.15, 0.2) is 74.7 Å². The monoisotopic (exact) mass is 521 g/mol. The molecule has 0 unspecified atom stereocenters. The van der Waals surface area contributed by atoms with E-state index in [4.69, 9.17) is 4.74 Å². The number of hydrogen-bond acceptors (Lipinski definition) is 7. The standard InChI is InChI=1S/C26H23N3O5S2/c1-34-25-20(17-6-5-16-7-8-22(19(16)12-17)27-15-36(2,32)33)13-18(14-21(25)23-4-3-11-35-23)29-10-9-24(30)28-26(29)31/h3-6,9-14H,7-8,15H2,1-2H3,(H,28,30,31). The second-order valence-corrected chi connectivity index (χ2v) is 11.6. The second kappa shape index (κ2) is 9.36. The minimum atomic E-state index is -3.23. The number of fused-ring (bicyclic) bond motifs is 1. The van der Waals surface area contributed by atoms with Gasteiger partial charge in [0, 0.05) is 40.2 Å². The van der Waals surface area contributed by atoms with E-state index in [2.05, 4.69) is 9.98 Å². The Balaban J connectivity index is 1.73. The van der Waals surface area contributed by atoms with Crippen LogP contribution in [-0.2, 0) is 16.3 Å². The Labute approximate surface area is 211 Å². The first-order valence-corrected chi connectivity index (χ1v) is 14.1. The lowest BCUT2D eigenvalue weighted by Crippen LogP contribution is -2.27. The summed E-state index contributed by atoms with van der Waals surface area (Å²) in [7, 11) is -1.62. The average molecular weight is 522 g/mol. The molecule has 184 valence electrons. The third kappa shape index (κ3) is 4.69. The SMILES string of the molecule is COc1c(-c2ccc3c(c2)C(=NCS(C)(=O)=O)CC3)cc(-n2ccc(=O)[nH]c2=O)cc1-c1cccs1. The Morgan fingerprint density at radius 1 is 1.06 bits per heavy atom. The Morgan fingerprint density at radius 3 is 2.56 bits per heavy atom. The Hall–Kier alpha value is -3.76. The van der Waals surface area contributed by atoms with Crippen molar-refractivity contribution in [2.45, 2.75) is 12.8 Å². The van der Waals surface area contributed by atoms with Crippen molar-refractivity contribution in [2.24, 2.45) is 4.99 Å². The molecule has 1 N–H and O–H groups in total. The third-order valence-electron chi connectivity index (χ3n) is 6.02. The van der Waals surface area contributed by atoms with Crippen molar-refractivity contribution in [1.29, 1.82) is 0 Å². The predicted molar refractivity (Wildman–Crippen MR) is 143 cm³/mol. The highest BCUT2D eigenvalue weighted by atomic mass is 32.2. The van der Waals surface area contributed by atoms with E-state index in [1.807, 2.05) is 47.8 Å². The minimum absolute atomic E-state index is 0.248. The highest BCUT2D eigenvalue weighted by Gasteiger charge is 2.22. The lowest BCUT2D eigenvalue weighted by atomic mass is 9.96. The summed E-state index contributed by atoms with van der Waals surface area (Å²) in [5.74, 6) is 0.397. The molecule has 0 bridgehead atoms. The van der Waals surface area contributed by atoms with E-state index in [-0.39, 0.29) is 5.88 Å². The van der Waals surface area contributed by atoms with Gasteiger partial charge in [-0.1, -0.05) is 18.2 Å². The van der Waals surface area contributed by atoms with Crippen LogP contribution < -0.4 is 16.0 Å². The maximum atomic E-state index is 12.6. The summed E-state index contributed by atoms with van der Waals surface area (Å²) in [6.45, 7) is 0. The largest absolute Gasteiger partial charge is 0.495 e. The van der Waals surface area contributed by atoms with Gasteiger partial charge >= 0.3 is 5.69 Å². The fraction of sp³-hybridized carbons (Fsp3) is 0.192. The van der Waals surface area contributed by atoms with E-state index in [9.17, 15) is 18.0 Å².